The van der Waals surface area contributed by atoms with Gasteiger partial charge in [-0.05, 0) is 23.8 Å². The summed E-state index contributed by atoms with van der Waals surface area (Å²) in [4.78, 5) is 0. The molecule has 0 aromatic heterocycles. The summed E-state index contributed by atoms with van der Waals surface area (Å²) in [5, 5.41) is 2.21. The molecular weight excluding hydrogens is 399 g/mol. The molecule has 0 fully saturated rings. The van der Waals surface area contributed by atoms with Gasteiger partial charge in [-0.3, -0.25) is 0 Å². The molecule has 0 bridgehead atoms. The van der Waals surface area contributed by atoms with Gasteiger partial charge in [-0.2, -0.15) is 16.8 Å². The Morgan fingerprint density at radius 3 is 2.43 bits per heavy atom. The molecule has 23 heavy (non-hydrogen) atoms. The van der Waals surface area contributed by atoms with Crippen LogP contribution in [0, 0.1) is 0 Å². The molecule has 2 atom stereocenters. The van der Waals surface area contributed by atoms with E-state index in [1.165, 1.54) is 25.7 Å². The van der Waals surface area contributed by atoms with Gasteiger partial charge in [0.2, 0.25) is 0 Å². The number of allylic oxidation sites excluding steroid dienone is 4. The molecule has 0 amide bonds. The summed E-state index contributed by atoms with van der Waals surface area (Å²) in [5.74, 6) is 0.722. The molecule has 2 rings (SSSR count). The van der Waals surface area contributed by atoms with Gasteiger partial charge in [0.05, 0.1) is 0 Å². The molecule has 0 saturated heterocycles. The minimum Gasteiger partial charge on any atom is -1.00 e. The Hall–Kier alpha value is 0.631. The third kappa shape index (κ3) is 7.59. The van der Waals surface area contributed by atoms with Crippen LogP contribution in [0.2, 0.25) is 5.04 Å². The fourth-order valence-corrected chi connectivity index (χ4v) is 6.10. The normalized spacial score (nSPS) is 20.1. The van der Waals surface area contributed by atoms with Gasteiger partial charge < -0.3 is 37.2 Å². The summed E-state index contributed by atoms with van der Waals surface area (Å²) >= 11 is 0. The fraction of sp³-hybridized carbons (Fsp3) is 0.500. The Bertz CT molecular complexity index is 471. The third-order valence-corrected chi connectivity index (χ3v) is 7.21. The van der Waals surface area contributed by atoms with E-state index in [4.69, 9.17) is 0 Å². The fourth-order valence-electron chi connectivity index (χ4n) is 3.32. The summed E-state index contributed by atoms with van der Waals surface area (Å²) in [5.41, 5.74) is 1.63. The maximum Gasteiger partial charge on any atom is 4.00 e. The van der Waals surface area contributed by atoms with Gasteiger partial charge in [0.1, 0.15) is 0 Å². The third-order valence-electron chi connectivity index (χ3n) is 4.60. The molecule has 1 aromatic carbocycles. The Kier molecular flexibility index (Phi) is 17.1. The van der Waals surface area contributed by atoms with Gasteiger partial charge in [0, 0.05) is 9.52 Å². The molecule has 0 aliphatic heterocycles. The van der Waals surface area contributed by atoms with Crippen LogP contribution in [-0.2, 0) is 21.7 Å². The van der Waals surface area contributed by atoms with E-state index in [2.05, 4.69) is 63.3 Å². The average molecular weight is 426 g/mol. The molecule has 1 aliphatic carbocycles. The largest absolute Gasteiger partial charge is 4.00 e. The van der Waals surface area contributed by atoms with E-state index in [-0.39, 0.29) is 68.5 Å². The minimum atomic E-state index is -0.252. The van der Waals surface area contributed by atoms with Gasteiger partial charge in [-0.1, -0.05) is 57.9 Å². The average Bonchev–Trinajstić information content (AvgIpc) is 2.87. The number of hydrogen-bond donors (Lipinski definition) is 0. The van der Waals surface area contributed by atoms with Crippen LogP contribution < -0.4 is 42.4 Å². The van der Waals surface area contributed by atoms with Gasteiger partial charge in [-0.15, -0.1) is 0 Å². The first kappa shape index (κ1) is 28.4. The summed E-state index contributed by atoms with van der Waals surface area (Å²) in [6.45, 7) is 6.99. The maximum absolute atomic E-state index is 2.51. The first-order valence-electron chi connectivity index (χ1n) is 7.79. The summed E-state index contributed by atoms with van der Waals surface area (Å²) in [7, 11) is -0.252. The molecule has 1 aliphatic rings. The van der Waals surface area contributed by atoms with Crippen LogP contribution in [0.25, 0.3) is 0 Å². The molecule has 5 heteroatoms. The molecule has 0 saturated carbocycles. The molecule has 1 aromatic rings. The van der Waals surface area contributed by atoms with Crippen LogP contribution in [0.5, 0.6) is 0 Å². The van der Waals surface area contributed by atoms with E-state index >= 15 is 0 Å². The second-order valence-electron chi connectivity index (χ2n) is 6.10. The van der Waals surface area contributed by atoms with Gasteiger partial charge in [0.15, 0.2) is 0 Å². The van der Waals surface area contributed by atoms with Crippen molar-refractivity contribution in [2.75, 3.05) is 0 Å². The van der Waals surface area contributed by atoms with E-state index in [1.807, 2.05) is 0 Å². The Labute approximate surface area is 178 Å². The predicted octanol–water partition coefficient (Wildman–Crippen LogP) is -4.80. The number of hydrogen-bond acceptors (Lipinski definition) is 0. The van der Waals surface area contributed by atoms with Crippen LogP contribution in [0.3, 0.4) is 0 Å². The Morgan fingerprint density at radius 1 is 1.22 bits per heavy atom. The molecule has 0 nitrogen and oxygen atoms in total. The van der Waals surface area contributed by atoms with Crippen molar-refractivity contribution in [1.29, 1.82) is 0 Å². The van der Waals surface area contributed by atoms with Gasteiger partial charge in [-0.25, -0.2) is 12.1 Å². The van der Waals surface area contributed by atoms with Gasteiger partial charge >= 0.3 is 21.7 Å². The first-order chi connectivity index (χ1) is 9.21. The van der Waals surface area contributed by atoms with E-state index in [9.17, 15) is 0 Å². The second kappa shape index (κ2) is 13.9. The zero-order chi connectivity index (χ0) is 13.7. The van der Waals surface area contributed by atoms with Crippen molar-refractivity contribution in [3.05, 3.63) is 48.1 Å². The quantitative estimate of drug-likeness (QED) is 0.317. The van der Waals surface area contributed by atoms with E-state index in [0.29, 0.717) is 5.04 Å². The maximum atomic E-state index is 2.51. The topological polar surface area (TPSA) is 0 Å². The zero-order valence-electron chi connectivity index (χ0n) is 14.3. The molecule has 0 heterocycles. The zero-order valence-corrected chi connectivity index (χ0v) is 19.5. The van der Waals surface area contributed by atoms with Gasteiger partial charge in [0.25, 0.3) is 0 Å². The van der Waals surface area contributed by atoms with Crippen LogP contribution in [-0.4, -0.2) is 9.52 Å². The van der Waals surface area contributed by atoms with E-state index in [1.54, 1.807) is 10.8 Å². The summed E-state index contributed by atoms with van der Waals surface area (Å²) in [6.07, 6.45) is 14.5. The summed E-state index contributed by atoms with van der Waals surface area (Å²) in [6, 6.07) is 7.03. The molecule has 128 valence electrons. The van der Waals surface area contributed by atoms with E-state index < -0.39 is 0 Å². The van der Waals surface area contributed by atoms with Crippen molar-refractivity contribution >= 4 is 14.7 Å². The number of rotatable bonds is 6. The van der Waals surface area contributed by atoms with Crippen molar-refractivity contribution < 1.29 is 58.9 Å². The van der Waals surface area contributed by atoms with Crippen LogP contribution in [0.4, 0.5) is 0 Å². The van der Waals surface area contributed by atoms with Crippen molar-refractivity contribution in [1.82, 2.24) is 0 Å². The standard InChI is InChI=1S/C18H27Si.3ClH.Ti/c1-4-12-18(13-7-6-8-14-18)19-17-11-9-10-16(17)15(3)5-2;;;;/h6-11,13,15H,4-5,12,14,19H2,1-3H3;3*1H;/q-1;;;;+4/p-3. The molecule has 0 radical (unpaired) electrons. The predicted molar refractivity (Wildman–Crippen MR) is 89.4 cm³/mol. The first-order valence-corrected chi connectivity index (χ1v) is 9.21. The van der Waals surface area contributed by atoms with Crippen LogP contribution in [0.15, 0.2) is 42.5 Å². The number of halogens is 3. The second-order valence-corrected chi connectivity index (χ2v) is 8.62. The molecular formula is C18H27Cl3SiTi. The Balaban J connectivity index is -0.000001000. The monoisotopic (exact) mass is 424 g/mol. The van der Waals surface area contributed by atoms with Crippen molar-refractivity contribution in [2.45, 2.75) is 57.4 Å². The van der Waals surface area contributed by atoms with Crippen molar-refractivity contribution in [3.63, 3.8) is 0 Å². The van der Waals surface area contributed by atoms with Crippen molar-refractivity contribution in [2.24, 2.45) is 0 Å². The molecule has 0 N–H and O–H groups in total. The van der Waals surface area contributed by atoms with Crippen molar-refractivity contribution in [3.8, 4) is 0 Å². The molecule has 2 unspecified atom stereocenters. The van der Waals surface area contributed by atoms with Crippen LogP contribution in [0.1, 0.15) is 57.9 Å². The smallest absolute Gasteiger partial charge is 1.00 e. The van der Waals surface area contributed by atoms with E-state index in [0.717, 1.165) is 5.92 Å². The SMILES string of the molecule is CCCC1([SiH2][c-]2cccc2C(C)CC)C=CC=CC1.[Cl-].[Cl-].[Cl-].[Ti+4]. The van der Waals surface area contributed by atoms with Crippen LogP contribution >= 0.6 is 0 Å². The molecule has 0 spiro atoms. The Morgan fingerprint density at radius 2 is 1.91 bits per heavy atom. The minimum absolute atomic E-state index is 0. The summed E-state index contributed by atoms with van der Waals surface area (Å²) < 4.78 is 0.